The molecule has 0 radical (unpaired) electrons. The molecule has 2 fully saturated rings. The maximum absolute atomic E-state index is 13.7. The number of nitrogens with zero attached hydrogens (tertiary/aromatic N) is 1. The molecule has 2 aromatic rings. The standard InChI is InChI=1S/C28H27F7N2O4/c1-3-8-40-26(39)36-21-12-22-25(16-4-6-20(29)7-5-16)23(14-37(22)24(38)13-21)41-15(2)17-9-18(27(30,31)32)11-19(10-17)28(33,34)35/h3-7,9-11,15,21-23,25H,1,8,12-14H2,2H3,(H,36,39)/t15-,21?,22+,23+,25?/m1/s1. The fourth-order valence-electron chi connectivity index (χ4n) is 5.40. The van der Waals surface area contributed by atoms with E-state index in [1.54, 1.807) is 0 Å². The van der Waals surface area contributed by atoms with Crippen LogP contribution in [0.3, 0.4) is 0 Å². The smallest absolute Gasteiger partial charge is 0.416 e. The molecule has 2 aliphatic rings. The Bertz CT molecular complexity index is 1250. The highest BCUT2D eigenvalue weighted by atomic mass is 19.4. The van der Waals surface area contributed by atoms with Crippen molar-refractivity contribution in [3.8, 4) is 0 Å². The van der Waals surface area contributed by atoms with Crippen LogP contribution in [-0.2, 0) is 26.6 Å². The maximum atomic E-state index is 13.7. The summed E-state index contributed by atoms with van der Waals surface area (Å²) in [5.41, 5.74) is -2.72. The predicted octanol–water partition coefficient (Wildman–Crippen LogP) is 6.38. The molecule has 2 aromatic carbocycles. The van der Waals surface area contributed by atoms with Crippen LogP contribution in [0.4, 0.5) is 35.5 Å². The van der Waals surface area contributed by atoms with Gasteiger partial charge in [-0.05, 0) is 54.8 Å². The summed E-state index contributed by atoms with van der Waals surface area (Å²) < 4.78 is 105. The minimum atomic E-state index is -5.03. The van der Waals surface area contributed by atoms with Gasteiger partial charge in [0.25, 0.3) is 0 Å². The van der Waals surface area contributed by atoms with Crippen molar-refractivity contribution in [2.24, 2.45) is 0 Å². The molecule has 4 rings (SSSR count). The van der Waals surface area contributed by atoms with Crippen molar-refractivity contribution in [1.82, 2.24) is 10.2 Å². The second kappa shape index (κ2) is 11.7. The van der Waals surface area contributed by atoms with Crippen LogP contribution in [0, 0.1) is 5.82 Å². The van der Waals surface area contributed by atoms with Crippen LogP contribution in [0.2, 0.25) is 0 Å². The number of fused-ring (bicyclic) bond motifs is 1. The number of hydrogen-bond acceptors (Lipinski definition) is 4. The van der Waals surface area contributed by atoms with E-state index in [1.165, 1.54) is 42.2 Å². The third-order valence-corrected chi connectivity index (χ3v) is 7.23. The molecule has 0 aromatic heterocycles. The number of alkyl carbamates (subject to hydrolysis) is 1. The van der Waals surface area contributed by atoms with E-state index in [4.69, 9.17) is 9.47 Å². The van der Waals surface area contributed by atoms with E-state index in [-0.39, 0.29) is 43.5 Å². The topological polar surface area (TPSA) is 67.9 Å². The summed E-state index contributed by atoms with van der Waals surface area (Å²) in [4.78, 5) is 26.7. The van der Waals surface area contributed by atoms with E-state index in [0.29, 0.717) is 17.7 Å². The molecule has 222 valence electrons. The molecule has 2 amide bonds. The fraction of sp³-hybridized carbons (Fsp3) is 0.429. The lowest BCUT2D eigenvalue weighted by Crippen LogP contribution is -2.51. The molecule has 41 heavy (non-hydrogen) atoms. The zero-order valence-electron chi connectivity index (χ0n) is 21.8. The van der Waals surface area contributed by atoms with Crippen LogP contribution in [0.15, 0.2) is 55.1 Å². The van der Waals surface area contributed by atoms with Crippen molar-refractivity contribution in [3.63, 3.8) is 0 Å². The molecule has 0 saturated carbocycles. The van der Waals surface area contributed by atoms with E-state index in [0.717, 1.165) is 0 Å². The Labute approximate surface area is 231 Å². The van der Waals surface area contributed by atoms with Crippen molar-refractivity contribution in [2.75, 3.05) is 13.2 Å². The first-order valence-corrected chi connectivity index (χ1v) is 12.7. The third kappa shape index (κ3) is 7.00. The fourth-order valence-corrected chi connectivity index (χ4v) is 5.40. The first kappa shape index (κ1) is 30.4. The Morgan fingerprint density at radius 1 is 1.10 bits per heavy atom. The van der Waals surface area contributed by atoms with Gasteiger partial charge in [-0.25, -0.2) is 9.18 Å². The number of amides is 2. The summed E-state index contributed by atoms with van der Waals surface area (Å²) in [5.74, 6) is -1.48. The largest absolute Gasteiger partial charge is 0.445 e. The summed E-state index contributed by atoms with van der Waals surface area (Å²) in [6.07, 6.45) is -11.3. The Kier molecular flexibility index (Phi) is 8.67. The number of halogens is 7. The second-order valence-corrected chi connectivity index (χ2v) is 10.0. The molecule has 5 atom stereocenters. The molecule has 2 saturated heterocycles. The maximum Gasteiger partial charge on any atom is 0.416 e. The van der Waals surface area contributed by atoms with Crippen molar-refractivity contribution >= 4 is 12.0 Å². The van der Waals surface area contributed by atoms with Gasteiger partial charge in [0.2, 0.25) is 5.91 Å². The van der Waals surface area contributed by atoms with Crippen molar-refractivity contribution in [1.29, 1.82) is 0 Å². The Balaban J connectivity index is 1.64. The monoisotopic (exact) mass is 588 g/mol. The van der Waals surface area contributed by atoms with Crippen LogP contribution in [0.25, 0.3) is 0 Å². The number of nitrogens with one attached hydrogen (secondary N) is 1. The Morgan fingerprint density at radius 2 is 1.71 bits per heavy atom. The first-order chi connectivity index (χ1) is 19.2. The quantitative estimate of drug-likeness (QED) is 0.301. The van der Waals surface area contributed by atoms with E-state index in [2.05, 4.69) is 11.9 Å². The van der Waals surface area contributed by atoms with Crippen LogP contribution < -0.4 is 5.32 Å². The van der Waals surface area contributed by atoms with E-state index >= 15 is 0 Å². The predicted molar refractivity (Wildman–Crippen MR) is 132 cm³/mol. The van der Waals surface area contributed by atoms with Crippen molar-refractivity contribution in [3.05, 3.63) is 83.2 Å². The highest BCUT2D eigenvalue weighted by Crippen LogP contribution is 2.44. The summed E-state index contributed by atoms with van der Waals surface area (Å²) in [6, 6.07) is 5.45. The van der Waals surface area contributed by atoms with Gasteiger partial charge in [0.05, 0.1) is 23.3 Å². The van der Waals surface area contributed by atoms with Crippen LogP contribution in [0.1, 0.15) is 54.0 Å². The number of benzene rings is 2. The van der Waals surface area contributed by atoms with Gasteiger partial charge < -0.3 is 19.7 Å². The summed E-state index contributed by atoms with van der Waals surface area (Å²) in [6.45, 7) is 4.74. The van der Waals surface area contributed by atoms with Gasteiger partial charge in [0, 0.05) is 31.0 Å². The Morgan fingerprint density at radius 3 is 2.27 bits per heavy atom. The molecule has 6 nitrogen and oxygen atoms in total. The highest BCUT2D eigenvalue weighted by Gasteiger charge is 2.50. The number of carbonyl (C=O) groups excluding carboxylic acids is 2. The average Bonchev–Trinajstić information content (AvgIpc) is 3.25. The zero-order chi connectivity index (χ0) is 30.1. The minimum Gasteiger partial charge on any atom is -0.445 e. The van der Waals surface area contributed by atoms with Gasteiger partial charge in [-0.1, -0.05) is 24.8 Å². The van der Waals surface area contributed by atoms with Gasteiger partial charge in [-0.15, -0.1) is 0 Å². The second-order valence-electron chi connectivity index (χ2n) is 10.0. The van der Waals surface area contributed by atoms with Crippen LogP contribution in [0.5, 0.6) is 0 Å². The average molecular weight is 589 g/mol. The van der Waals surface area contributed by atoms with Crippen molar-refractivity contribution in [2.45, 2.75) is 62.3 Å². The summed E-state index contributed by atoms with van der Waals surface area (Å²) in [5, 5.41) is 2.63. The van der Waals surface area contributed by atoms with Crippen LogP contribution >= 0.6 is 0 Å². The normalized spacial score (nSPS) is 23.6. The molecule has 2 unspecified atom stereocenters. The number of carbonyl (C=O) groups is 2. The molecular formula is C28H27F7N2O4. The lowest BCUT2D eigenvalue weighted by Gasteiger charge is -2.37. The number of hydrogen-bond donors (Lipinski definition) is 1. The molecule has 0 spiro atoms. The summed E-state index contributed by atoms with van der Waals surface area (Å²) >= 11 is 0. The molecular weight excluding hydrogens is 561 g/mol. The van der Waals surface area contributed by atoms with Gasteiger partial charge in [-0.2, -0.15) is 26.3 Å². The molecule has 1 N–H and O–H groups in total. The zero-order valence-corrected chi connectivity index (χ0v) is 21.8. The molecule has 2 heterocycles. The number of rotatable bonds is 7. The number of ether oxygens (including phenoxy) is 2. The summed E-state index contributed by atoms with van der Waals surface area (Å²) in [7, 11) is 0. The molecule has 0 bridgehead atoms. The van der Waals surface area contributed by atoms with Crippen LogP contribution in [-0.4, -0.2) is 48.2 Å². The lowest BCUT2D eigenvalue weighted by molar-refractivity contribution is -0.143. The molecule has 13 heteroatoms. The highest BCUT2D eigenvalue weighted by molar-refractivity contribution is 5.80. The minimum absolute atomic E-state index is 0.00535. The van der Waals surface area contributed by atoms with E-state index in [1.807, 2.05) is 0 Å². The van der Waals surface area contributed by atoms with Gasteiger partial charge in [-0.3, -0.25) is 4.79 Å². The number of piperidine rings is 1. The van der Waals surface area contributed by atoms with Crippen molar-refractivity contribution < 1.29 is 49.8 Å². The van der Waals surface area contributed by atoms with E-state index < -0.39 is 65.6 Å². The lowest BCUT2D eigenvalue weighted by atomic mass is 9.84. The van der Waals surface area contributed by atoms with Gasteiger partial charge in [0.1, 0.15) is 12.4 Å². The van der Waals surface area contributed by atoms with Gasteiger partial charge >= 0.3 is 18.4 Å². The van der Waals surface area contributed by atoms with Gasteiger partial charge in [0.15, 0.2) is 0 Å². The molecule has 2 aliphatic heterocycles. The third-order valence-electron chi connectivity index (χ3n) is 7.23. The number of alkyl halides is 6. The SMILES string of the molecule is C=CCOC(=O)NC1CC(=O)N2C[C@H](O[C@H](C)c3cc(C(F)(F)F)cc(C(F)(F)F)c3)C(c3ccc(F)cc3)[C@@H]2C1. The van der Waals surface area contributed by atoms with E-state index in [9.17, 15) is 40.3 Å². The molecule has 0 aliphatic carbocycles. The first-order valence-electron chi connectivity index (χ1n) is 12.7. The Hall–Kier alpha value is -3.61.